The Hall–Kier alpha value is -1.98. The second-order valence-corrected chi connectivity index (χ2v) is 5.44. The van der Waals surface area contributed by atoms with Crippen molar-refractivity contribution in [3.63, 3.8) is 0 Å². The Bertz CT molecular complexity index is 472. The summed E-state index contributed by atoms with van der Waals surface area (Å²) in [5.74, 6) is -0.375. The molecular weight excluding hydrogens is 272 g/mol. The number of nitrogens with one attached hydrogen (secondary N) is 1. The lowest BCUT2D eigenvalue weighted by Crippen LogP contribution is -2.46. The predicted molar refractivity (Wildman–Crippen MR) is 76.7 cm³/mol. The number of carbonyl (C=O) groups excluding carboxylic acids is 1. The number of rotatable bonds is 5. The quantitative estimate of drug-likeness (QED) is 0.874. The molecule has 0 aromatic carbocycles. The van der Waals surface area contributed by atoms with Crippen LogP contribution in [0.4, 0.5) is 4.79 Å². The van der Waals surface area contributed by atoms with Gasteiger partial charge in [-0.25, -0.2) is 4.79 Å². The normalized spacial score (nSPS) is 21.8. The number of nitrogens with zero attached hydrogens (tertiary/aromatic N) is 1. The molecule has 21 heavy (non-hydrogen) atoms. The van der Waals surface area contributed by atoms with Crippen LogP contribution in [0.25, 0.3) is 0 Å². The third-order valence-corrected chi connectivity index (χ3v) is 3.95. The predicted octanol–water partition coefficient (Wildman–Crippen LogP) is 2.45. The third-order valence-electron chi connectivity index (χ3n) is 3.95. The largest absolute Gasteiger partial charge is 0.481 e. The molecule has 116 valence electrons. The fourth-order valence-corrected chi connectivity index (χ4v) is 2.73. The molecule has 1 aromatic rings. The minimum Gasteiger partial charge on any atom is -0.481 e. The van der Waals surface area contributed by atoms with E-state index in [2.05, 4.69) is 5.32 Å². The van der Waals surface area contributed by atoms with Crippen LogP contribution in [0.15, 0.2) is 22.8 Å². The van der Waals surface area contributed by atoms with Gasteiger partial charge in [-0.1, -0.05) is 6.42 Å². The second kappa shape index (κ2) is 7.15. The molecular formula is C15H22N2O4. The van der Waals surface area contributed by atoms with Gasteiger partial charge in [-0.2, -0.15) is 0 Å². The van der Waals surface area contributed by atoms with Gasteiger partial charge in [0.1, 0.15) is 5.76 Å². The summed E-state index contributed by atoms with van der Waals surface area (Å²) in [6, 6.07) is 3.40. The highest BCUT2D eigenvalue weighted by Crippen LogP contribution is 2.24. The minimum atomic E-state index is -0.767. The van der Waals surface area contributed by atoms with Gasteiger partial charge < -0.3 is 19.7 Å². The summed E-state index contributed by atoms with van der Waals surface area (Å²) < 4.78 is 5.26. The third kappa shape index (κ3) is 4.24. The van der Waals surface area contributed by atoms with Gasteiger partial charge >= 0.3 is 12.0 Å². The Labute approximate surface area is 124 Å². The lowest BCUT2D eigenvalue weighted by atomic mass is 9.86. The SMILES string of the molecule is CCN(Cc1ccco1)C(=O)NC1CCCC(C(=O)O)C1. The molecule has 2 unspecified atom stereocenters. The highest BCUT2D eigenvalue weighted by molar-refractivity contribution is 5.75. The van der Waals surface area contributed by atoms with Crippen LogP contribution in [-0.4, -0.2) is 34.6 Å². The summed E-state index contributed by atoms with van der Waals surface area (Å²) in [6.07, 6.45) is 4.48. The first kappa shape index (κ1) is 15.4. The maximum absolute atomic E-state index is 12.3. The van der Waals surface area contributed by atoms with Crippen LogP contribution in [-0.2, 0) is 11.3 Å². The van der Waals surface area contributed by atoms with Crippen molar-refractivity contribution >= 4 is 12.0 Å². The average Bonchev–Trinajstić information content (AvgIpc) is 2.97. The van der Waals surface area contributed by atoms with Gasteiger partial charge in [0.15, 0.2) is 0 Å². The van der Waals surface area contributed by atoms with Crippen LogP contribution in [0.1, 0.15) is 38.4 Å². The number of carbonyl (C=O) groups is 2. The van der Waals surface area contributed by atoms with E-state index in [1.165, 1.54) is 0 Å². The van der Waals surface area contributed by atoms with E-state index in [4.69, 9.17) is 9.52 Å². The molecule has 1 aliphatic rings. The van der Waals surface area contributed by atoms with Gasteiger partial charge in [-0.15, -0.1) is 0 Å². The van der Waals surface area contributed by atoms with Crippen molar-refractivity contribution < 1.29 is 19.1 Å². The van der Waals surface area contributed by atoms with Crippen LogP contribution >= 0.6 is 0 Å². The van der Waals surface area contributed by atoms with E-state index in [1.807, 2.05) is 13.0 Å². The molecule has 2 N–H and O–H groups in total. The van der Waals surface area contributed by atoms with Crippen molar-refractivity contribution in [1.82, 2.24) is 10.2 Å². The van der Waals surface area contributed by atoms with Gasteiger partial charge in [0.05, 0.1) is 18.7 Å². The first-order valence-electron chi connectivity index (χ1n) is 7.40. The van der Waals surface area contributed by atoms with Crippen LogP contribution in [0.3, 0.4) is 0 Å². The van der Waals surface area contributed by atoms with E-state index in [0.717, 1.165) is 18.6 Å². The molecule has 1 fully saturated rings. The number of urea groups is 1. The molecule has 1 aromatic heterocycles. The van der Waals surface area contributed by atoms with Crippen molar-refractivity contribution in [2.24, 2.45) is 5.92 Å². The molecule has 2 atom stereocenters. The van der Waals surface area contributed by atoms with Crippen LogP contribution in [0.2, 0.25) is 0 Å². The number of hydrogen-bond donors (Lipinski definition) is 2. The Morgan fingerprint density at radius 3 is 2.90 bits per heavy atom. The van der Waals surface area contributed by atoms with Gasteiger partial charge in [0.2, 0.25) is 0 Å². The van der Waals surface area contributed by atoms with E-state index in [-0.39, 0.29) is 18.0 Å². The average molecular weight is 294 g/mol. The molecule has 1 saturated carbocycles. The van der Waals surface area contributed by atoms with Crippen molar-refractivity contribution in [1.29, 1.82) is 0 Å². The van der Waals surface area contributed by atoms with E-state index >= 15 is 0 Å². The number of aliphatic carboxylic acids is 1. The highest BCUT2D eigenvalue weighted by Gasteiger charge is 2.28. The number of carboxylic acid groups (broad SMARTS) is 1. The molecule has 1 heterocycles. The summed E-state index contributed by atoms with van der Waals surface area (Å²) in [5.41, 5.74) is 0. The monoisotopic (exact) mass is 294 g/mol. The smallest absolute Gasteiger partial charge is 0.318 e. The maximum atomic E-state index is 12.3. The number of hydrogen-bond acceptors (Lipinski definition) is 3. The standard InChI is InChI=1S/C15H22N2O4/c1-2-17(10-13-7-4-8-21-13)15(20)16-12-6-3-5-11(9-12)14(18)19/h4,7-8,11-12H,2-3,5-6,9-10H2,1H3,(H,16,20)(H,18,19). The first-order chi connectivity index (χ1) is 10.1. The summed E-state index contributed by atoms with van der Waals surface area (Å²) in [4.78, 5) is 25.0. The zero-order chi connectivity index (χ0) is 15.2. The molecule has 0 saturated heterocycles. The van der Waals surface area contributed by atoms with Crippen molar-refractivity contribution in [2.45, 2.75) is 45.2 Å². The van der Waals surface area contributed by atoms with Crippen LogP contribution in [0.5, 0.6) is 0 Å². The Kier molecular flexibility index (Phi) is 5.25. The van der Waals surface area contributed by atoms with Gasteiger partial charge in [0.25, 0.3) is 0 Å². The fourth-order valence-electron chi connectivity index (χ4n) is 2.73. The molecule has 0 spiro atoms. The Morgan fingerprint density at radius 2 is 2.29 bits per heavy atom. The van der Waals surface area contributed by atoms with Crippen molar-refractivity contribution in [3.8, 4) is 0 Å². The Balaban J connectivity index is 1.88. The summed E-state index contributed by atoms with van der Waals surface area (Å²) in [7, 11) is 0. The molecule has 6 heteroatoms. The van der Waals surface area contributed by atoms with Gasteiger partial charge in [-0.3, -0.25) is 4.79 Å². The topological polar surface area (TPSA) is 82.8 Å². The molecule has 2 amide bonds. The van der Waals surface area contributed by atoms with E-state index in [0.29, 0.717) is 25.9 Å². The Morgan fingerprint density at radius 1 is 1.48 bits per heavy atom. The van der Waals surface area contributed by atoms with E-state index < -0.39 is 5.97 Å². The lowest BCUT2D eigenvalue weighted by Gasteiger charge is -2.30. The summed E-state index contributed by atoms with van der Waals surface area (Å²) >= 11 is 0. The van der Waals surface area contributed by atoms with Gasteiger partial charge in [-0.05, 0) is 38.3 Å². The number of amides is 2. The number of furan rings is 1. The molecule has 0 radical (unpaired) electrons. The summed E-state index contributed by atoms with van der Waals surface area (Å²) in [6.45, 7) is 2.90. The minimum absolute atomic E-state index is 0.0574. The van der Waals surface area contributed by atoms with Crippen LogP contribution < -0.4 is 5.32 Å². The molecule has 2 rings (SSSR count). The molecule has 0 bridgehead atoms. The zero-order valence-electron chi connectivity index (χ0n) is 12.2. The van der Waals surface area contributed by atoms with Crippen molar-refractivity contribution in [2.75, 3.05) is 6.54 Å². The van der Waals surface area contributed by atoms with Gasteiger partial charge in [0, 0.05) is 12.6 Å². The highest BCUT2D eigenvalue weighted by atomic mass is 16.4. The second-order valence-electron chi connectivity index (χ2n) is 5.44. The molecule has 1 aliphatic carbocycles. The molecule has 0 aliphatic heterocycles. The fraction of sp³-hybridized carbons (Fsp3) is 0.600. The first-order valence-corrected chi connectivity index (χ1v) is 7.40. The van der Waals surface area contributed by atoms with Crippen LogP contribution in [0, 0.1) is 5.92 Å². The van der Waals surface area contributed by atoms with Crippen molar-refractivity contribution in [3.05, 3.63) is 24.2 Å². The van der Waals surface area contributed by atoms with E-state index in [9.17, 15) is 9.59 Å². The van der Waals surface area contributed by atoms with E-state index in [1.54, 1.807) is 17.2 Å². The zero-order valence-corrected chi connectivity index (χ0v) is 12.2. The maximum Gasteiger partial charge on any atom is 0.318 e. The lowest BCUT2D eigenvalue weighted by molar-refractivity contribution is -0.143. The number of carboxylic acids is 1. The molecule has 6 nitrogen and oxygen atoms in total. The summed E-state index contributed by atoms with van der Waals surface area (Å²) in [5, 5.41) is 12.0.